The molecule has 180 valence electrons. The van der Waals surface area contributed by atoms with Gasteiger partial charge in [0, 0.05) is 18.4 Å². The molecule has 0 spiro atoms. The lowest BCUT2D eigenvalue weighted by atomic mass is 9.93. The number of carbonyl (C=O) groups is 1. The summed E-state index contributed by atoms with van der Waals surface area (Å²) in [7, 11) is -3.83. The number of amides is 1. The fraction of sp³-hybridized carbons (Fsp3) is 0.381. The molecular weight excluding hydrogens is 476 g/mol. The molecule has 0 saturated heterocycles. The summed E-state index contributed by atoms with van der Waals surface area (Å²) in [4.78, 5) is 12.6. The van der Waals surface area contributed by atoms with Crippen molar-refractivity contribution in [3.05, 3.63) is 58.1 Å². The van der Waals surface area contributed by atoms with Gasteiger partial charge in [0.1, 0.15) is 5.75 Å². The Bertz CT molecular complexity index is 1190. The monoisotopic (exact) mass is 495 g/mol. The number of hydrogen-bond donors (Lipinski definition) is 0. The molecule has 5 nitrogen and oxygen atoms in total. The lowest BCUT2D eigenvalue weighted by molar-refractivity contribution is -0.189. The largest absolute Gasteiger partial charge is 0.481 e. The van der Waals surface area contributed by atoms with E-state index in [9.17, 15) is 39.6 Å². The summed E-state index contributed by atoms with van der Waals surface area (Å²) in [5, 5.41) is 0. The maximum absolute atomic E-state index is 13.5. The number of aryl methyl sites for hydroxylation is 1. The van der Waals surface area contributed by atoms with Gasteiger partial charge in [-0.05, 0) is 54.8 Å². The van der Waals surface area contributed by atoms with Crippen LogP contribution in [0.5, 0.6) is 5.75 Å². The van der Waals surface area contributed by atoms with Gasteiger partial charge in [-0.2, -0.15) is 26.3 Å². The first-order chi connectivity index (χ1) is 15.0. The lowest BCUT2D eigenvalue weighted by Gasteiger charge is -2.26. The van der Waals surface area contributed by atoms with Crippen molar-refractivity contribution in [1.29, 1.82) is 0 Å². The van der Waals surface area contributed by atoms with Crippen LogP contribution < -0.4 is 4.74 Å². The number of halogens is 6. The predicted molar refractivity (Wildman–Crippen MR) is 105 cm³/mol. The molecular formula is C21H19F6NO4S. The molecule has 1 aliphatic heterocycles. The Labute approximate surface area is 185 Å². The Hall–Kier alpha value is -2.76. The van der Waals surface area contributed by atoms with Gasteiger partial charge in [0.05, 0.1) is 16.5 Å². The van der Waals surface area contributed by atoms with Gasteiger partial charge in [-0.3, -0.25) is 4.79 Å². The number of benzene rings is 2. The van der Waals surface area contributed by atoms with Crippen molar-refractivity contribution in [1.82, 2.24) is 4.90 Å². The molecule has 2 aromatic rings. The Morgan fingerprint density at radius 3 is 2.24 bits per heavy atom. The number of rotatable bonds is 5. The first-order valence-corrected chi connectivity index (χ1v) is 11.4. The summed E-state index contributed by atoms with van der Waals surface area (Å²) in [5.41, 5.74) is -0.839. The van der Waals surface area contributed by atoms with E-state index in [2.05, 4.69) is 0 Å². The smallest absolute Gasteiger partial charge is 0.425 e. The second-order valence-corrected chi connectivity index (χ2v) is 9.83. The van der Waals surface area contributed by atoms with Crippen molar-refractivity contribution in [3.8, 4) is 5.75 Å². The van der Waals surface area contributed by atoms with Gasteiger partial charge >= 0.3 is 12.4 Å². The van der Waals surface area contributed by atoms with Crippen LogP contribution in [0.3, 0.4) is 0 Å². The summed E-state index contributed by atoms with van der Waals surface area (Å²) in [6, 6.07) is 3.88. The van der Waals surface area contributed by atoms with Gasteiger partial charge in [-0.1, -0.05) is 6.07 Å². The normalized spacial score (nSPS) is 17.6. The maximum Gasteiger partial charge on any atom is 0.425 e. The van der Waals surface area contributed by atoms with Gasteiger partial charge in [0.25, 0.3) is 0 Å². The predicted octanol–water partition coefficient (Wildman–Crippen LogP) is 4.81. The second-order valence-electron chi connectivity index (χ2n) is 7.82. The van der Waals surface area contributed by atoms with Crippen molar-refractivity contribution in [2.45, 2.75) is 49.8 Å². The first-order valence-electron chi connectivity index (χ1n) is 9.53. The van der Waals surface area contributed by atoms with E-state index in [1.54, 1.807) is 0 Å². The van der Waals surface area contributed by atoms with E-state index in [-0.39, 0.29) is 28.1 Å². The summed E-state index contributed by atoms with van der Waals surface area (Å²) in [6.07, 6.45) is -10.6. The molecule has 0 N–H and O–H groups in total. The number of sulfone groups is 1. The molecule has 3 rings (SSSR count). The van der Waals surface area contributed by atoms with Crippen molar-refractivity contribution < 1.29 is 44.3 Å². The van der Waals surface area contributed by atoms with Crippen LogP contribution in [-0.4, -0.2) is 38.3 Å². The standard InChI is InChI=1S/C21H19F6NO4S/c1-11-6-13-9-28(10-29)19(15(13)8-17(11)21(25,26)27)16-7-14(33(3,30)31)4-5-18(16)32-12(2)20(22,23)24/h4-8,10,12,19H,9H2,1-3H3/t12-,19?/m0/s1. The summed E-state index contributed by atoms with van der Waals surface area (Å²) < 4.78 is 109. The van der Waals surface area contributed by atoms with Gasteiger partial charge in [0.2, 0.25) is 6.41 Å². The zero-order valence-corrected chi connectivity index (χ0v) is 18.4. The van der Waals surface area contributed by atoms with Crippen LogP contribution in [0, 0.1) is 6.92 Å². The molecule has 33 heavy (non-hydrogen) atoms. The molecule has 0 bridgehead atoms. The molecule has 0 radical (unpaired) electrons. The number of nitrogens with zero attached hydrogens (tertiary/aromatic N) is 1. The van der Waals surface area contributed by atoms with Crippen molar-refractivity contribution in [2.24, 2.45) is 0 Å². The van der Waals surface area contributed by atoms with E-state index in [1.165, 1.54) is 13.0 Å². The van der Waals surface area contributed by atoms with E-state index < -0.39 is 45.6 Å². The van der Waals surface area contributed by atoms with Gasteiger partial charge < -0.3 is 9.64 Å². The van der Waals surface area contributed by atoms with E-state index >= 15 is 0 Å². The first kappa shape index (κ1) is 24.9. The Kier molecular flexibility index (Phi) is 6.20. The highest BCUT2D eigenvalue weighted by Crippen LogP contribution is 2.45. The Balaban J connectivity index is 2.26. The highest BCUT2D eigenvalue weighted by molar-refractivity contribution is 7.90. The van der Waals surface area contributed by atoms with Crippen molar-refractivity contribution in [2.75, 3.05) is 6.26 Å². The summed E-state index contributed by atoms with van der Waals surface area (Å²) in [5.74, 6) is -0.397. The van der Waals surface area contributed by atoms with Crippen LogP contribution in [0.2, 0.25) is 0 Å². The highest BCUT2D eigenvalue weighted by atomic mass is 32.2. The van der Waals surface area contributed by atoms with Crippen molar-refractivity contribution in [3.63, 3.8) is 0 Å². The van der Waals surface area contributed by atoms with Crippen LogP contribution in [-0.2, 0) is 27.4 Å². The van der Waals surface area contributed by atoms with Crippen LogP contribution in [0.15, 0.2) is 35.2 Å². The zero-order valence-electron chi connectivity index (χ0n) is 17.6. The van der Waals surface area contributed by atoms with Crippen LogP contribution in [0.1, 0.15) is 40.8 Å². The fourth-order valence-electron chi connectivity index (χ4n) is 3.73. The Morgan fingerprint density at radius 1 is 1.09 bits per heavy atom. The van der Waals surface area contributed by atoms with Gasteiger partial charge in [-0.15, -0.1) is 0 Å². The minimum absolute atomic E-state index is 0.0233. The number of fused-ring (bicyclic) bond motifs is 1. The minimum atomic E-state index is -4.76. The quantitative estimate of drug-likeness (QED) is 0.441. The molecule has 0 aromatic heterocycles. The third-order valence-electron chi connectivity index (χ3n) is 5.37. The molecule has 2 atom stereocenters. The third-order valence-corrected chi connectivity index (χ3v) is 6.49. The van der Waals surface area contributed by atoms with Gasteiger partial charge in [0.15, 0.2) is 15.9 Å². The van der Waals surface area contributed by atoms with Crippen LogP contribution in [0.4, 0.5) is 26.3 Å². The minimum Gasteiger partial charge on any atom is -0.481 e. The number of ether oxygens (including phenoxy) is 1. The van der Waals surface area contributed by atoms with E-state index in [0.29, 0.717) is 12.0 Å². The Morgan fingerprint density at radius 2 is 1.73 bits per heavy atom. The summed E-state index contributed by atoms with van der Waals surface area (Å²) >= 11 is 0. The molecule has 12 heteroatoms. The lowest BCUT2D eigenvalue weighted by Crippen LogP contribution is -2.32. The molecule has 2 aromatic carbocycles. The van der Waals surface area contributed by atoms with Gasteiger partial charge in [-0.25, -0.2) is 8.42 Å². The molecule has 1 heterocycles. The second kappa shape index (κ2) is 8.23. The molecule has 0 saturated carbocycles. The van der Waals surface area contributed by atoms with Crippen LogP contribution in [0.25, 0.3) is 0 Å². The molecule has 1 unspecified atom stereocenters. The molecule has 1 aliphatic rings. The third kappa shape index (κ3) is 4.94. The number of hydrogen-bond acceptors (Lipinski definition) is 4. The highest BCUT2D eigenvalue weighted by Gasteiger charge is 2.41. The van der Waals surface area contributed by atoms with E-state index in [0.717, 1.165) is 42.3 Å². The summed E-state index contributed by atoms with van der Waals surface area (Å²) in [6.45, 7) is 1.88. The van der Waals surface area contributed by atoms with E-state index in [1.807, 2.05) is 0 Å². The molecule has 0 aliphatic carbocycles. The average molecular weight is 495 g/mol. The average Bonchev–Trinajstić information content (AvgIpc) is 3.02. The number of carbonyl (C=O) groups excluding carboxylic acids is 1. The number of alkyl halides is 6. The van der Waals surface area contributed by atoms with Crippen molar-refractivity contribution >= 4 is 16.2 Å². The zero-order chi connectivity index (χ0) is 24.9. The fourth-order valence-corrected chi connectivity index (χ4v) is 4.38. The van der Waals surface area contributed by atoms with Crippen LogP contribution >= 0.6 is 0 Å². The maximum atomic E-state index is 13.5. The van der Waals surface area contributed by atoms with E-state index in [4.69, 9.17) is 4.74 Å². The SMILES string of the molecule is Cc1cc2c(cc1C(F)(F)F)C(c1cc(S(C)(=O)=O)ccc1O[C@@H](C)C(F)(F)F)N(C=O)C2. The molecule has 0 fully saturated rings. The molecule has 1 amide bonds. The topological polar surface area (TPSA) is 63.7 Å².